The molecule has 0 N–H and O–H groups in total. The summed E-state index contributed by atoms with van der Waals surface area (Å²) in [6, 6.07) is 0. The van der Waals surface area contributed by atoms with Crippen molar-refractivity contribution in [1.29, 1.82) is 0 Å². The van der Waals surface area contributed by atoms with Crippen molar-refractivity contribution in [3.8, 4) is 0 Å². The third kappa shape index (κ3) is 7.22. The van der Waals surface area contributed by atoms with Gasteiger partial charge in [-0.2, -0.15) is 0 Å². The van der Waals surface area contributed by atoms with E-state index in [9.17, 15) is 0 Å². The van der Waals surface area contributed by atoms with Gasteiger partial charge in [0.1, 0.15) is 0 Å². The standard InChI is InChI=1S/C9H12/c1-3-5-7-9-8-6-4-2/h1,3,5,7-9H,2,4,6H2/b3-1?,7-5+,9-8+. The van der Waals surface area contributed by atoms with Crippen LogP contribution in [0.5, 0.6) is 0 Å². The molecule has 48 valence electrons. The first kappa shape index (κ1) is 8.22. The van der Waals surface area contributed by atoms with Crippen LogP contribution >= 0.6 is 0 Å². The molecule has 0 unspecified atom stereocenters. The van der Waals surface area contributed by atoms with E-state index in [-0.39, 0.29) is 0 Å². The van der Waals surface area contributed by atoms with Crippen molar-refractivity contribution in [3.05, 3.63) is 43.9 Å². The van der Waals surface area contributed by atoms with Crippen LogP contribution in [-0.4, -0.2) is 0 Å². The van der Waals surface area contributed by atoms with E-state index in [0.29, 0.717) is 0 Å². The molecule has 0 bridgehead atoms. The molecule has 0 saturated carbocycles. The Balaban J connectivity index is 3.23. The minimum absolute atomic E-state index is 0.955. The van der Waals surface area contributed by atoms with Crippen molar-refractivity contribution in [2.75, 3.05) is 0 Å². The van der Waals surface area contributed by atoms with Crippen molar-refractivity contribution < 1.29 is 0 Å². The lowest BCUT2D eigenvalue weighted by atomic mass is 10.3. The van der Waals surface area contributed by atoms with Gasteiger partial charge in [-0.1, -0.05) is 43.9 Å². The summed E-state index contributed by atoms with van der Waals surface area (Å²) in [4.78, 5) is 0. The summed E-state index contributed by atoms with van der Waals surface area (Å²) in [7, 11) is 0. The minimum atomic E-state index is 0.955. The molecular weight excluding hydrogens is 108 g/mol. The molecule has 0 aliphatic rings. The Morgan fingerprint density at radius 2 is 2.00 bits per heavy atom. The van der Waals surface area contributed by atoms with Crippen LogP contribution in [0.4, 0.5) is 0 Å². The Labute approximate surface area is 57.6 Å². The van der Waals surface area contributed by atoms with Crippen molar-refractivity contribution in [2.24, 2.45) is 0 Å². The van der Waals surface area contributed by atoms with E-state index in [4.69, 9.17) is 6.58 Å². The average molecular weight is 120 g/mol. The summed E-state index contributed by atoms with van der Waals surface area (Å²) in [5.74, 6) is 0. The molecule has 0 aliphatic carbocycles. The zero-order valence-electron chi connectivity index (χ0n) is 5.59. The second-order valence-corrected chi connectivity index (χ2v) is 1.65. The lowest BCUT2D eigenvalue weighted by Crippen LogP contribution is -1.58. The van der Waals surface area contributed by atoms with E-state index in [2.05, 4.69) is 13.0 Å². The predicted molar refractivity (Wildman–Crippen MR) is 41.7 cm³/mol. The molecule has 0 aromatic carbocycles. The topological polar surface area (TPSA) is 0 Å². The number of hydrogen-bond acceptors (Lipinski definition) is 0. The summed E-state index contributed by atoms with van der Waals surface area (Å²) in [5.41, 5.74) is 0. The van der Waals surface area contributed by atoms with Gasteiger partial charge in [-0.15, -0.1) is 0 Å². The molecule has 9 heavy (non-hydrogen) atoms. The molecule has 0 amide bonds. The fraction of sp³-hybridized carbons (Fsp3) is 0.222. The second kappa shape index (κ2) is 7.22. The first-order valence-electron chi connectivity index (χ1n) is 3.07. The molecule has 0 fully saturated rings. The van der Waals surface area contributed by atoms with Crippen molar-refractivity contribution >= 4 is 0 Å². The van der Waals surface area contributed by atoms with E-state index in [1.807, 2.05) is 12.2 Å². The normalized spacial score (nSPS) is 11.2. The Morgan fingerprint density at radius 1 is 1.22 bits per heavy atom. The zero-order chi connectivity index (χ0) is 6.95. The van der Waals surface area contributed by atoms with Gasteiger partial charge in [0, 0.05) is 0 Å². The molecule has 2 radical (unpaired) electrons. The van der Waals surface area contributed by atoms with Gasteiger partial charge < -0.3 is 0 Å². The Hall–Kier alpha value is -0.780. The van der Waals surface area contributed by atoms with Crippen molar-refractivity contribution in [2.45, 2.75) is 12.8 Å². The molecule has 0 heteroatoms. The quantitative estimate of drug-likeness (QED) is 0.500. The summed E-state index contributed by atoms with van der Waals surface area (Å²) in [6.07, 6.45) is 11.2. The van der Waals surface area contributed by atoms with Gasteiger partial charge in [0.25, 0.3) is 0 Å². The van der Waals surface area contributed by atoms with Crippen molar-refractivity contribution in [1.82, 2.24) is 0 Å². The molecule has 0 heterocycles. The Bertz CT molecular complexity index is 107. The summed E-state index contributed by atoms with van der Waals surface area (Å²) in [5, 5.41) is 0. The zero-order valence-corrected chi connectivity index (χ0v) is 5.59. The third-order valence-electron chi connectivity index (χ3n) is 0.840. The molecule has 0 atom stereocenters. The van der Waals surface area contributed by atoms with Gasteiger partial charge in [-0.25, -0.2) is 0 Å². The minimum Gasteiger partial charge on any atom is -0.0845 e. The molecule has 0 saturated heterocycles. The summed E-state index contributed by atoms with van der Waals surface area (Å²) in [6.45, 7) is 8.78. The molecule has 0 spiro atoms. The number of allylic oxidation sites excluding steroid dienone is 5. The maximum atomic E-state index is 5.09. The predicted octanol–water partition coefficient (Wildman–Crippen LogP) is 2.70. The van der Waals surface area contributed by atoms with Crippen LogP contribution in [-0.2, 0) is 0 Å². The van der Waals surface area contributed by atoms with Crippen LogP contribution in [0.25, 0.3) is 0 Å². The number of hydrogen-bond donors (Lipinski definition) is 0. The van der Waals surface area contributed by atoms with Crippen LogP contribution < -0.4 is 0 Å². The van der Waals surface area contributed by atoms with Gasteiger partial charge in [0.2, 0.25) is 0 Å². The molecule has 0 aliphatic heterocycles. The van der Waals surface area contributed by atoms with Crippen LogP contribution in [0.2, 0.25) is 0 Å². The van der Waals surface area contributed by atoms with Gasteiger partial charge >= 0.3 is 0 Å². The summed E-state index contributed by atoms with van der Waals surface area (Å²) < 4.78 is 0. The maximum Gasteiger partial charge on any atom is -0.0348 e. The first-order chi connectivity index (χ1) is 4.41. The second-order valence-electron chi connectivity index (χ2n) is 1.65. The van der Waals surface area contributed by atoms with Crippen LogP contribution in [0, 0.1) is 13.5 Å². The van der Waals surface area contributed by atoms with E-state index in [1.165, 1.54) is 6.08 Å². The molecular formula is C9H12. The van der Waals surface area contributed by atoms with Gasteiger partial charge in [-0.3, -0.25) is 0 Å². The van der Waals surface area contributed by atoms with E-state index in [1.54, 1.807) is 6.08 Å². The monoisotopic (exact) mass is 120 g/mol. The molecule has 0 aromatic heterocycles. The van der Waals surface area contributed by atoms with Crippen LogP contribution in [0.1, 0.15) is 12.8 Å². The largest absolute Gasteiger partial charge is 0.0845 e. The van der Waals surface area contributed by atoms with Crippen LogP contribution in [0.15, 0.2) is 30.4 Å². The highest BCUT2D eigenvalue weighted by Crippen LogP contribution is 1.87. The summed E-state index contributed by atoms with van der Waals surface area (Å²) >= 11 is 0. The van der Waals surface area contributed by atoms with E-state index in [0.717, 1.165) is 12.8 Å². The van der Waals surface area contributed by atoms with Crippen LogP contribution in [0.3, 0.4) is 0 Å². The van der Waals surface area contributed by atoms with Crippen molar-refractivity contribution in [3.63, 3.8) is 0 Å². The first-order valence-corrected chi connectivity index (χ1v) is 3.07. The third-order valence-corrected chi connectivity index (χ3v) is 0.840. The number of rotatable bonds is 4. The van der Waals surface area contributed by atoms with E-state index < -0.39 is 0 Å². The molecule has 0 rings (SSSR count). The highest BCUT2D eigenvalue weighted by molar-refractivity contribution is 5.07. The van der Waals surface area contributed by atoms with Gasteiger partial charge in [0.05, 0.1) is 0 Å². The fourth-order valence-electron chi connectivity index (χ4n) is 0.421. The highest BCUT2D eigenvalue weighted by Gasteiger charge is 1.67. The molecule has 0 aromatic rings. The highest BCUT2D eigenvalue weighted by atomic mass is 13.7. The lowest BCUT2D eigenvalue weighted by molar-refractivity contribution is 1.05. The molecule has 0 nitrogen and oxygen atoms in total. The number of unbranched alkanes of at least 4 members (excludes halogenated alkanes) is 1. The smallest absolute Gasteiger partial charge is 0.0348 e. The Kier molecular flexibility index (Phi) is 6.59. The lowest BCUT2D eigenvalue weighted by Gasteiger charge is -1.78. The fourth-order valence-corrected chi connectivity index (χ4v) is 0.421. The Morgan fingerprint density at radius 3 is 2.56 bits per heavy atom. The maximum absolute atomic E-state index is 5.09. The average Bonchev–Trinajstić information content (AvgIpc) is 1.89. The van der Waals surface area contributed by atoms with Gasteiger partial charge in [0.15, 0.2) is 0 Å². The SMILES string of the molecule is [CH]=C/C=C/C=C/CC[CH2]. The van der Waals surface area contributed by atoms with E-state index >= 15 is 0 Å². The van der Waals surface area contributed by atoms with Gasteiger partial charge in [-0.05, 0) is 12.8 Å².